The van der Waals surface area contributed by atoms with Gasteiger partial charge in [0.1, 0.15) is 11.2 Å². The van der Waals surface area contributed by atoms with Gasteiger partial charge < -0.3 is 4.42 Å². The van der Waals surface area contributed by atoms with Crippen LogP contribution in [-0.4, -0.2) is 15.0 Å². The number of fused-ring (bicyclic) bond motifs is 6. The van der Waals surface area contributed by atoms with Crippen molar-refractivity contribution in [2.24, 2.45) is 5.92 Å². The quantitative estimate of drug-likeness (QED) is 0.185. The number of hydrogen-bond donors (Lipinski definition) is 0. The van der Waals surface area contributed by atoms with E-state index in [9.17, 15) is 0 Å². The summed E-state index contributed by atoms with van der Waals surface area (Å²) in [6.07, 6.45) is 11.3. The van der Waals surface area contributed by atoms with Crippen molar-refractivity contribution in [3.8, 4) is 45.3 Å². The second kappa shape index (κ2) is 12.0. The molecule has 2 unspecified atom stereocenters. The molecule has 2 aliphatic rings. The molecule has 4 nitrogen and oxygen atoms in total. The van der Waals surface area contributed by atoms with Crippen LogP contribution in [0.4, 0.5) is 0 Å². The molecule has 2 atom stereocenters. The first-order valence-corrected chi connectivity index (χ1v) is 17.4. The zero-order valence-corrected chi connectivity index (χ0v) is 27.6. The van der Waals surface area contributed by atoms with Gasteiger partial charge in [-0.05, 0) is 51.6 Å². The average Bonchev–Trinajstić information content (AvgIpc) is 3.59. The van der Waals surface area contributed by atoms with Crippen LogP contribution in [0.15, 0.2) is 180 Å². The average molecular weight is 654 g/mol. The molecule has 2 aromatic heterocycles. The van der Waals surface area contributed by atoms with Crippen LogP contribution in [0, 0.1) is 5.92 Å². The lowest BCUT2D eigenvalue weighted by Crippen LogP contribution is -2.16. The van der Waals surface area contributed by atoms with Crippen molar-refractivity contribution in [1.82, 2.24) is 15.0 Å². The van der Waals surface area contributed by atoms with Crippen molar-refractivity contribution in [3.05, 3.63) is 193 Å². The summed E-state index contributed by atoms with van der Waals surface area (Å²) in [4.78, 5) is 15.5. The van der Waals surface area contributed by atoms with Crippen molar-refractivity contribution in [2.45, 2.75) is 5.92 Å². The highest BCUT2D eigenvalue weighted by atomic mass is 16.3. The van der Waals surface area contributed by atoms with E-state index in [1.807, 2.05) is 48.5 Å². The summed E-state index contributed by atoms with van der Waals surface area (Å²) in [6, 6.07) is 50.4. The minimum atomic E-state index is 0.266. The first-order valence-electron chi connectivity index (χ1n) is 17.4. The van der Waals surface area contributed by atoms with Crippen molar-refractivity contribution >= 4 is 27.5 Å². The number of benzene rings is 6. The maximum atomic E-state index is 6.60. The van der Waals surface area contributed by atoms with E-state index in [1.54, 1.807) is 0 Å². The van der Waals surface area contributed by atoms with Crippen LogP contribution in [0.2, 0.25) is 0 Å². The van der Waals surface area contributed by atoms with Gasteiger partial charge in [0, 0.05) is 39.3 Å². The lowest BCUT2D eigenvalue weighted by atomic mass is 9.73. The van der Waals surface area contributed by atoms with Gasteiger partial charge in [0.2, 0.25) is 0 Å². The Kier molecular flexibility index (Phi) is 6.91. The van der Waals surface area contributed by atoms with Crippen LogP contribution in [-0.2, 0) is 0 Å². The third-order valence-corrected chi connectivity index (χ3v) is 10.1. The van der Waals surface area contributed by atoms with E-state index in [2.05, 4.69) is 127 Å². The van der Waals surface area contributed by atoms with Gasteiger partial charge in [-0.3, -0.25) is 0 Å². The van der Waals surface area contributed by atoms with Crippen LogP contribution in [0.25, 0.3) is 72.8 Å². The Morgan fingerprint density at radius 3 is 1.86 bits per heavy atom. The highest BCUT2D eigenvalue weighted by Gasteiger charge is 2.29. The molecule has 0 fully saturated rings. The molecule has 0 N–H and O–H groups in total. The fraction of sp³-hybridized carbons (Fsp3) is 0.0426. The number of para-hydroxylation sites is 1. The third-order valence-electron chi connectivity index (χ3n) is 10.1. The Hall–Kier alpha value is -6.65. The molecule has 0 spiro atoms. The molecule has 2 heterocycles. The summed E-state index contributed by atoms with van der Waals surface area (Å²) in [5.74, 6) is 2.43. The summed E-state index contributed by atoms with van der Waals surface area (Å²) < 4.78 is 6.60. The normalized spacial score (nSPS) is 16.2. The molecule has 240 valence electrons. The summed E-state index contributed by atoms with van der Waals surface area (Å²) in [5.41, 5.74) is 11.5. The van der Waals surface area contributed by atoms with E-state index >= 15 is 0 Å². The van der Waals surface area contributed by atoms with Crippen molar-refractivity contribution in [1.29, 1.82) is 0 Å². The Morgan fingerprint density at radius 1 is 0.451 bits per heavy atom. The summed E-state index contributed by atoms with van der Waals surface area (Å²) in [5, 5.41) is 2.02. The van der Waals surface area contributed by atoms with Crippen LogP contribution < -0.4 is 0 Å². The summed E-state index contributed by atoms with van der Waals surface area (Å²) in [7, 11) is 0. The monoisotopic (exact) mass is 653 g/mol. The van der Waals surface area contributed by atoms with Gasteiger partial charge in [0.25, 0.3) is 0 Å². The minimum Gasteiger partial charge on any atom is -0.456 e. The Morgan fingerprint density at radius 2 is 1.06 bits per heavy atom. The molecular weight excluding hydrogens is 623 g/mol. The van der Waals surface area contributed by atoms with Gasteiger partial charge >= 0.3 is 0 Å². The van der Waals surface area contributed by atoms with Crippen LogP contribution in [0.5, 0.6) is 0 Å². The summed E-state index contributed by atoms with van der Waals surface area (Å²) >= 11 is 0. The fourth-order valence-electron chi connectivity index (χ4n) is 7.63. The fourth-order valence-corrected chi connectivity index (χ4v) is 7.63. The molecule has 0 saturated carbocycles. The van der Waals surface area contributed by atoms with E-state index < -0.39 is 0 Å². The van der Waals surface area contributed by atoms with E-state index in [0.717, 1.165) is 49.8 Å². The first-order chi connectivity index (χ1) is 25.3. The number of rotatable bonds is 5. The highest BCUT2D eigenvalue weighted by molar-refractivity contribution is 6.13. The number of hydrogen-bond acceptors (Lipinski definition) is 4. The molecule has 0 bridgehead atoms. The molecule has 51 heavy (non-hydrogen) atoms. The molecule has 0 radical (unpaired) electrons. The van der Waals surface area contributed by atoms with Crippen molar-refractivity contribution < 1.29 is 4.42 Å². The molecule has 4 heteroatoms. The largest absolute Gasteiger partial charge is 0.456 e. The number of furan rings is 1. The Balaban J connectivity index is 1.21. The van der Waals surface area contributed by atoms with E-state index in [1.165, 1.54) is 22.3 Å². The molecule has 0 aliphatic heterocycles. The molecule has 10 rings (SSSR count). The number of aromatic nitrogens is 3. The Labute approximate surface area is 295 Å². The van der Waals surface area contributed by atoms with Crippen LogP contribution in [0.3, 0.4) is 0 Å². The van der Waals surface area contributed by atoms with E-state index in [-0.39, 0.29) is 5.92 Å². The second-order valence-corrected chi connectivity index (χ2v) is 13.2. The first kappa shape index (κ1) is 29.3. The smallest absolute Gasteiger partial charge is 0.164 e. The topological polar surface area (TPSA) is 51.8 Å². The maximum Gasteiger partial charge on any atom is 0.164 e. The molecule has 0 saturated heterocycles. The number of nitrogens with zero attached hydrogens (tertiary/aromatic N) is 3. The summed E-state index contributed by atoms with van der Waals surface area (Å²) in [6.45, 7) is 0. The molecular formula is C47H31N3O. The highest BCUT2D eigenvalue weighted by Crippen LogP contribution is 2.46. The Bertz CT molecular complexity index is 2690. The minimum absolute atomic E-state index is 0.266. The van der Waals surface area contributed by atoms with E-state index in [4.69, 9.17) is 19.4 Å². The van der Waals surface area contributed by atoms with E-state index in [0.29, 0.717) is 23.4 Å². The maximum absolute atomic E-state index is 6.60. The van der Waals surface area contributed by atoms with Crippen LogP contribution in [0.1, 0.15) is 22.6 Å². The predicted octanol–water partition coefficient (Wildman–Crippen LogP) is 11.7. The molecule has 8 aromatic rings. The standard InChI is InChI=1S/C47H31N3O/c1-3-13-30(14-4-1)31-23-25-33(26-24-31)46-48-45(32-15-5-2-6-16-32)49-47(50-46)41-28-35(29-43-44(41)39-21-11-12-22-42(39)51-43)40-27-34-17-7-8-18-36(34)37-19-9-10-20-38(37)40/h1-29,34,36H. The van der Waals surface area contributed by atoms with Gasteiger partial charge in [-0.15, -0.1) is 0 Å². The number of allylic oxidation sites excluding steroid dienone is 5. The molecule has 0 amide bonds. The van der Waals surface area contributed by atoms with Crippen molar-refractivity contribution in [2.75, 3.05) is 0 Å². The van der Waals surface area contributed by atoms with Gasteiger partial charge in [0.05, 0.1) is 0 Å². The van der Waals surface area contributed by atoms with Gasteiger partial charge in [-0.2, -0.15) is 0 Å². The second-order valence-electron chi connectivity index (χ2n) is 13.2. The lowest BCUT2D eigenvalue weighted by molar-refractivity contribution is 0.668. The predicted molar refractivity (Wildman–Crippen MR) is 207 cm³/mol. The molecule has 2 aliphatic carbocycles. The van der Waals surface area contributed by atoms with Crippen molar-refractivity contribution in [3.63, 3.8) is 0 Å². The lowest BCUT2D eigenvalue weighted by Gasteiger charge is -2.31. The van der Waals surface area contributed by atoms with Crippen LogP contribution >= 0.6 is 0 Å². The van der Waals surface area contributed by atoms with Gasteiger partial charge in [-0.25, -0.2) is 15.0 Å². The SMILES string of the molecule is C1=CC2C=C(c3cc(-c4nc(-c5ccccc5)nc(-c5ccc(-c6ccccc6)cc5)n4)c4c(c3)oc3ccccc34)c3ccccc3C2C=C1. The zero-order valence-electron chi connectivity index (χ0n) is 27.6. The van der Waals surface area contributed by atoms with Gasteiger partial charge in [0.15, 0.2) is 17.5 Å². The zero-order chi connectivity index (χ0) is 33.7. The molecule has 6 aromatic carbocycles. The third kappa shape index (κ3) is 5.12. The van der Waals surface area contributed by atoms with Gasteiger partial charge in [-0.1, -0.05) is 158 Å².